The fraction of sp³-hybridized carbons (Fsp3) is 0.583. The Hall–Kier alpha value is -0.480. The Kier molecular flexibility index (Phi) is 4.87. The van der Waals surface area contributed by atoms with Gasteiger partial charge in [-0.2, -0.15) is 0 Å². The minimum Gasteiger partial charge on any atom is -0.293 e. The molecule has 0 aliphatic heterocycles. The van der Waals surface area contributed by atoms with Crippen molar-refractivity contribution in [1.29, 1.82) is 0 Å². The Morgan fingerprint density at radius 1 is 1.50 bits per heavy atom. The molecule has 0 saturated heterocycles. The number of Topliss-reactive ketones (excluding diaryl/α,β-unsaturated/α-hetero) is 1. The zero-order valence-electron chi connectivity index (χ0n) is 10.2. The van der Waals surface area contributed by atoms with E-state index in [0.29, 0.717) is 0 Å². The molecule has 0 aliphatic rings. The van der Waals surface area contributed by atoms with E-state index in [1.54, 1.807) is 11.3 Å². The van der Waals surface area contributed by atoms with Gasteiger partial charge in [0.15, 0.2) is 5.78 Å². The Morgan fingerprint density at radius 2 is 2.12 bits per heavy atom. The summed E-state index contributed by atoms with van der Waals surface area (Å²) >= 11 is 1.62. The van der Waals surface area contributed by atoms with Crippen LogP contribution in [0.3, 0.4) is 0 Å². The summed E-state index contributed by atoms with van der Waals surface area (Å²) in [6.45, 7) is 7.85. The molecule has 1 heterocycles. The maximum absolute atomic E-state index is 11.9. The van der Waals surface area contributed by atoms with Crippen LogP contribution in [0.5, 0.6) is 0 Å². The second-order valence-electron chi connectivity index (χ2n) is 3.99. The van der Waals surface area contributed by atoms with Gasteiger partial charge in [-0.1, -0.05) is 13.8 Å². The van der Waals surface area contributed by atoms with Crippen LogP contribution in [0.2, 0.25) is 0 Å². The van der Waals surface area contributed by atoms with Crippen LogP contribution in [-0.2, 0) is 10.8 Å². The van der Waals surface area contributed by atoms with E-state index >= 15 is 0 Å². The molecule has 4 heteroatoms. The number of ketones is 1. The summed E-state index contributed by atoms with van der Waals surface area (Å²) < 4.78 is 11.8. The van der Waals surface area contributed by atoms with Crippen molar-refractivity contribution >= 4 is 27.9 Å². The van der Waals surface area contributed by atoms with Crippen molar-refractivity contribution in [2.45, 2.75) is 39.4 Å². The number of hydrogen-bond donors (Lipinski definition) is 0. The molecule has 2 unspecified atom stereocenters. The van der Waals surface area contributed by atoms with Crippen LogP contribution in [0.1, 0.15) is 40.4 Å². The number of carbonyl (C=O) groups excluding carboxylic acids is 1. The lowest BCUT2D eigenvalue weighted by Gasteiger charge is -2.07. The average Bonchev–Trinajstić information content (AvgIpc) is 2.56. The molecule has 0 saturated carbocycles. The first kappa shape index (κ1) is 13.6. The summed E-state index contributed by atoms with van der Waals surface area (Å²) in [5, 5.41) is 0.101. The Labute approximate surface area is 104 Å². The van der Waals surface area contributed by atoms with Gasteiger partial charge >= 0.3 is 0 Å². The van der Waals surface area contributed by atoms with E-state index in [1.807, 2.05) is 33.8 Å². The second kappa shape index (κ2) is 5.73. The van der Waals surface area contributed by atoms with Gasteiger partial charge < -0.3 is 0 Å². The summed E-state index contributed by atoms with van der Waals surface area (Å²) in [6, 6.07) is 1.90. The number of hydrogen-bond acceptors (Lipinski definition) is 3. The van der Waals surface area contributed by atoms with Crippen molar-refractivity contribution in [3.05, 3.63) is 21.4 Å². The van der Waals surface area contributed by atoms with Gasteiger partial charge in [0.2, 0.25) is 0 Å². The highest BCUT2D eigenvalue weighted by molar-refractivity contribution is 7.86. The molecule has 0 fully saturated rings. The highest BCUT2D eigenvalue weighted by Gasteiger charge is 2.17. The van der Waals surface area contributed by atoms with E-state index in [-0.39, 0.29) is 16.8 Å². The molecule has 90 valence electrons. The Balaban J connectivity index is 2.73. The van der Waals surface area contributed by atoms with Gasteiger partial charge in [0, 0.05) is 31.4 Å². The maximum atomic E-state index is 11.9. The van der Waals surface area contributed by atoms with Crippen LogP contribution in [0.25, 0.3) is 0 Å². The molecule has 16 heavy (non-hydrogen) atoms. The van der Waals surface area contributed by atoms with Gasteiger partial charge in [0.25, 0.3) is 0 Å². The summed E-state index contributed by atoms with van der Waals surface area (Å²) in [5.41, 5.74) is 0.749. The van der Waals surface area contributed by atoms with Crippen LogP contribution in [0.15, 0.2) is 6.07 Å². The monoisotopic (exact) mass is 258 g/mol. The molecule has 2 nitrogen and oxygen atoms in total. The lowest BCUT2D eigenvalue weighted by atomic mass is 10.2. The average molecular weight is 258 g/mol. The molecular weight excluding hydrogens is 240 g/mol. The number of thiophene rings is 1. The number of aryl methyl sites for hydroxylation is 2. The fourth-order valence-electron chi connectivity index (χ4n) is 1.44. The van der Waals surface area contributed by atoms with Gasteiger partial charge in [0.1, 0.15) is 0 Å². The third kappa shape index (κ3) is 3.25. The van der Waals surface area contributed by atoms with Crippen molar-refractivity contribution in [1.82, 2.24) is 0 Å². The summed E-state index contributed by atoms with van der Waals surface area (Å²) in [5.74, 6) is 0.173. The van der Waals surface area contributed by atoms with Gasteiger partial charge in [-0.05, 0) is 26.3 Å². The van der Waals surface area contributed by atoms with Gasteiger partial charge in [-0.15, -0.1) is 11.3 Å². The Bertz CT molecular complexity index is 407. The third-order valence-electron chi connectivity index (χ3n) is 2.64. The SMILES string of the molecule is CCC(C)S(=O)CC(=O)c1cc(C)sc1C. The molecule has 0 radical (unpaired) electrons. The lowest BCUT2D eigenvalue weighted by Crippen LogP contribution is -2.19. The quantitative estimate of drug-likeness (QED) is 0.761. The first-order valence-electron chi connectivity index (χ1n) is 5.43. The third-order valence-corrected chi connectivity index (χ3v) is 5.38. The molecule has 2 atom stereocenters. The van der Waals surface area contributed by atoms with Gasteiger partial charge in [-0.3, -0.25) is 9.00 Å². The predicted molar refractivity (Wildman–Crippen MR) is 70.9 cm³/mol. The van der Waals surface area contributed by atoms with E-state index < -0.39 is 10.8 Å². The smallest absolute Gasteiger partial charge is 0.176 e. The zero-order chi connectivity index (χ0) is 12.3. The normalized spacial score (nSPS) is 14.8. The predicted octanol–water partition coefficient (Wildman–Crippen LogP) is 3.09. The van der Waals surface area contributed by atoms with Crippen molar-refractivity contribution in [3.63, 3.8) is 0 Å². The lowest BCUT2D eigenvalue weighted by molar-refractivity contribution is 0.102. The van der Waals surface area contributed by atoms with E-state index in [2.05, 4.69) is 0 Å². The molecule has 0 N–H and O–H groups in total. The highest BCUT2D eigenvalue weighted by atomic mass is 32.2. The molecule has 0 aliphatic carbocycles. The van der Waals surface area contributed by atoms with Gasteiger partial charge in [-0.25, -0.2) is 0 Å². The van der Waals surface area contributed by atoms with Crippen molar-refractivity contribution in [2.75, 3.05) is 5.75 Å². The van der Waals surface area contributed by atoms with Crippen LogP contribution in [0.4, 0.5) is 0 Å². The minimum atomic E-state index is -1.04. The van der Waals surface area contributed by atoms with Crippen LogP contribution in [0, 0.1) is 13.8 Å². The fourth-order valence-corrected chi connectivity index (χ4v) is 3.46. The minimum absolute atomic E-state index is 0.0143. The van der Waals surface area contributed by atoms with Crippen LogP contribution in [-0.4, -0.2) is 21.0 Å². The van der Waals surface area contributed by atoms with Crippen LogP contribution >= 0.6 is 11.3 Å². The molecular formula is C12H18O2S2. The Morgan fingerprint density at radius 3 is 2.56 bits per heavy atom. The first-order chi connectivity index (χ1) is 7.45. The summed E-state index contributed by atoms with van der Waals surface area (Å²) in [4.78, 5) is 14.1. The molecule has 1 rings (SSSR count). The number of carbonyl (C=O) groups is 1. The van der Waals surface area contributed by atoms with Crippen molar-refractivity contribution < 1.29 is 9.00 Å². The number of rotatable bonds is 5. The summed E-state index contributed by atoms with van der Waals surface area (Å²) in [6.07, 6.45) is 0.849. The largest absolute Gasteiger partial charge is 0.293 e. The van der Waals surface area contributed by atoms with E-state index in [4.69, 9.17) is 0 Å². The molecule has 0 bridgehead atoms. The second-order valence-corrected chi connectivity index (χ2v) is 7.31. The summed E-state index contributed by atoms with van der Waals surface area (Å²) in [7, 11) is -1.04. The van der Waals surface area contributed by atoms with Crippen molar-refractivity contribution in [3.8, 4) is 0 Å². The molecule has 1 aromatic rings. The van der Waals surface area contributed by atoms with E-state index in [9.17, 15) is 9.00 Å². The van der Waals surface area contributed by atoms with E-state index in [1.165, 1.54) is 0 Å². The standard InChI is InChI=1S/C12H18O2S2/c1-5-9(3)16(14)7-12(13)11-6-8(2)15-10(11)4/h6,9H,5,7H2,1-4H3. The topological polar surface area (TPSA) is 34.1 Å². The highest BCUT2D eigenvalue weighted by Crippen LogP contribution is 2.21. The zero-order valence-corrected chi connectivity index (χ0v) is 11.8. The molecule has 1 aromatic heterocycles. The van der Waals surface area contributed by atoms with Crippen LogP contribution < -0.4 is 0 Å². The first-order valence-corrected chi connectivity index (χ1v) is 7.63. The van der Waals surface area contributed by atoms with E-state index in [0.717, 1.165) is 21.7 Å². The van der Waals surface area contributed by atoms with Gasteiger partial charge in [0.05, 0.1) is 5.75 Å². The molecule has 0 amide bonds. The van der Waals surface area contributed by atoms with Crippen molar-refractivity contribution in [2.24, 2.45) is 0 Å². The maximum Gasteiger partial charge on any atom is 0.176 e. The molecule has 0 spiro atoms. The molecule has 0 aromatic carbocycles.